The highest BCUT2D eigenvalue weighted by molar-refractivity contribution is 6.32. The molecule has 5 rings (SSSR count). The summed E-state index contributed by atoms with van der Waals surface area (Å²) in [6, 6.07) is 6.45. The van der Waals surface area contributed by atoms with Gasteiger partial charge in [0.25, 0.3) is 0 Å². The molecule has 0 aliphatic carbocycles. The number of rotatable bonds is 8. The van der Waals surface area contributed by atoms with Gasteiger partial charge in [-0.2, -0.15) is 23.4 Å². The molecule has 3 aromatic heterocycles. The van der Waals surface area contributed by atoms with Gasteiger partial charge in [-0.3, -0.25) is 4.68 Å². The molecule has 13 heteroatoms. The van der Waals surface area contributed by atoms with Crippen molar-refractivity contribution in [2.75, 3.05) is 25.2 Å². The summed E-state index contributed by atoms with van der Waals surface area (Å²) in [4.78, 5) is 5.77. The molecule has 0 spiro atoms. The number of fused-ring (bicyclic) bond motifs is 1. The quantitative estimate of drug-likeness (QED) is 0.243. The number of alkyl halides is 3. The minimum absolute atomic E-state index is 0.0233. The summed E-state index contributed by atoms with van der Waals surface area (Å²) >= 11 is 6.49. The second-order valence-corrected chi connectivity index (χ2v) is 9.93. The van der Waals surface area contributed by atoms with E-state index in [2.05, 4.69) is 15.0 Å². The first kappa shape index (κ1) is 27.2. The number of imidazole rings is 1. The van der Waals surface area contributed by atoms with Crippen molar-refractivity contribution in [1.29, 1.82) is 0 Å². The van der Waals surface area contributed by atoms with Gasteiger partial charge in [-0.15, -0.1) is 0 Å². The molecule has 1 aromatic carbocycles. The molecule has 1 aliphatic rings. The van der Waals surface area contributed by atoms with E-state index in [-0.39, 0.29) is 24.0 Å². The van der Waals surface area contributed by atoms with Gasteiger partial charge in [0.05, 0.1) is 29.4 Å². The van der Waals surface area contributed by atoms with Crippen LogP contribution in [0.1, 0.15) is 37.6 Å². The Bertz CT molecular complexity index is 1480. The van der Waals surface area contributed by atoms with Gasteiger partial charge in [0.15, 0.2) is 5.69 Å². The van der Waals surface area contributed by atoms with Gasteiger partial charge in [-0.1, -0.05) is 17.7 Å². The number of halogens is 5. The average molecular weight is 566 g/mol. The summed E-state index contributed by atoms with van der Waals surface area (Å²) in [5.41, 5.74) is 1.03. The van der Waals surface area contributed by atoms with Crippen LogP contribution in [0, 0.1) is 5.82 Å². The van der Waals surface area contributed by atoms with Crippen molar-refractivity contribution in [2.24, 2.45) is 0 Å². The summed E-state index contributed by atoms with van der Waals surface area (Å²) < 4.78 is 65.1. The number of nitrogens with zero attached hydrogens (tertiary/aromatic N) is 7. The fourth-order valence-electron chi connectivity index (χ4n) is 4.92. The van der Waals surface area contributed by atoms with Crippen LogP contribution in [0.15, 0.2) is 36.7 Å². The van der Waals surface area contributed by atoms with Crippen LogP contribution in [0.4, 0.5) is 23.4 Å². The Hall–Kier alpha value is -3.38. The molecule has 0 saturated carbocycles. The van der Waals surface area contributed by atoms with Crippen LogP contribution in [-0.2, 0) is 30.5 Å². The minimum atomic E-state index is -4.61. The number of anilines is 1. The third kappa shape index (κ3) is 5.27. The van der Waals surface area contributed by atoms with Crippen LogP contribution in [0.25, 0.3) is 22.8 Å². The average Bonchev–Trinajstić information content (AvgIpc) is 3.60. The first-order valence-corrected chi connectivity index (χ1v) is 13.0. The van der Waals surface area contributed by atoms with Crippen LogP contribution < -0.4 is 4.90 Å². The highest BCUT2D eigenvalue weighted by Crippen LogP contribution is 2.35. The first-order valence-electron chi connectivity index (χ1n) is 12.6. The molecule has 8 nitrogen and oxygen atoms in total. The maximum atomic E-state index is 15.2. The Labute approximate surface area is 227 Å². The van der Waals surface area contributed by atoms with E-state index < -0.39 is 17.7 Å². The highest BCUT2D eigenvalue weighted by atomic mass is 35.5. The second-order valence-electron chi connectivity index (χ2n) is 9.52. The number of hydrogen-bond acceptors (Lipinski definition) is 5. The lowest BCUT2D eigenvalue weighted by atomic mass is 10.1. The standard InChI is InChI=1S/C26H28ClF4N7O/c1-4-35-14-22(26(29,30)31)33-25(35)18-7-6-17(10-20(18)28)13-36-8-5-9-37-23(36)11-21(34-37)24-19(27)12-32-38(24)16(2)15-39-3/h6-7,10-12,14,16H,4-5,8-9,13,15H2,1-3H3. The summed E-state index contributed by atoms with van der Waals surface area (Å²) in [6.07, 6.45) is -1.27. The molecule has 0 radical (unpaired) electrons. The zero-order chi connectivity index (χ0) is 27.9. The highest BCUT2D eigenvalue weighted by Gasteiger charge is 2.35. The van der Waals surface area contributed by atoms with E-state index in [0.717, 1.165) is 31.5 Å². The lowest BCUT2D eigenvalue weighted by molar-refractivity contribution is -0.140. The van der Waals surface area contributed by atoms with Crippen molar-refractivity contribution < 1.29 is 22.3 Å². The van der Waals surface area contributed by atoms with E-state index in [4.69, 9.17) is 21.4 Å². The molecule has 208 valence electrons. The van der Waals surface area contributed by atoms with Crippen molar-refractivity contribution in [1.82, 2.24) is 29.1 Å². The van der Waals surface area contributed by atoms with Gasteiger partial charge in [0, 0.05) is 45.6 Å². The van der Waals surface area contributed by atoms with E-state index in [1.807, 2.05) is 17.7 Å². The van der Waals surface area contributed by atoms with Crippen LogP contribution >= 0.6 is 11.6 Å². The van der Waals surface area contributed by atoms with E-state index in [1.54, 1.807) is 31.0 Å². The van der Waals surface area contributed by atoms with E-state index >= 15 is 4.39 Å². The number of hydrogen-bond donors (Lipinski definition) is 0. The van der Waals surface area contributed by atoms with E-state index in [9.17, 15) is 13.2 Å². The van der Waals surface area contributed by atoms with Gasteiger partial charge in [0.2, 0.25) is 0 Å². The van der Waals surface area contributed by atoms with Gasteiger partial charge in [-0.25, -0.2) is 14.1 Å². The van der Waals surface area contributed by atoms with Crippen molar-refractivity contribution in [3.05, 3.63) is 58.8 Å². The molecular weight excluding hydrogens is 538 g/mol. The molecule has 0 N–H and O–H groups in total. The Morgan fingerprint density at radius 3 is 2.67 bits per heavy atom. The van der Waals surface area contributed by atoms with Crippen molar-refractivity contribution in [2.45, 2.75) is 52.1 Å². The van der Waals surface area contributed by atoms with Crippen molar-refractivity contribution in [3.8, 4) is 22.8 Å². The third-order valence-corrected chi connectivity index (χ3v) is 7.03. The van der Waals surface area contributed by atoms with Gasteiger partial charge < -0.3 is 14.2 Å². The van der Waals surface area contributed by atoms with Gasteiger partial charge >= 0.3 is 6.18 Å². The number of aromatic nitrogens is 6. The van der Waals surface area contributed by atoms with E-state index in [1.165, 1.54) is 16.7 Å². The van der Waals surface area contributed by atoms with Gasteiger partial charge in [0.1, 0.15) is 28.8 Å². The van der Waals surface area contributed by atoms with Crippen molar-refractivity contribution >= 4 is 17.4 Å². The Kier molecular flexibility index (Phi) is 7.43. The molecule has 0 fully saturated rings. The summed E-state index contributed by atoms with van der Waals surface area (Å²) in [5.74, 6) is 0.182. The van der Waals surface area contributed by atoms with Crippen molar-refractivity contribution in [3.63, 3.8) is 0 Å². The number of benzene rings is 1. The molecule has 39 heavy (non-hydrogen) atoms. The van der Waals surface area contributed by atoms with Crippen LogP contribution in [-0.4, -0.2) is 49.4 Å². The maximum Gasteiger partial charge on any atom is 0.434 e. The van der Waals surface area contributed by atoms with Crippen LogP contribution in [0.5, 0.6) is 0 Å². The minimum Gasteiger partial charge on any atom is -0.382 e. The fraction of sp³-hybridized carbons (Fsp3) is 0.423. The summed E-state index contributed by atoms with van der Waals surface area (Å²) in [7, 11) is 1.63. The Balaban J connectivity index is 1.42. The normalized spacial score (nSPS) is 14.6. The molecule has 0 bridgehead atoms. The fourth-order valence-corrected chi connectivity index (χ4v) is 5.15. The van der Waals surface area contributed by atoms with E-state index in [0.29, 0.717) is 35.1 Å². The lowest BCUT2D eigenvalue weighted by Crippen LogP contribution is -2.31. The van der Waals surface area contributed by atoms with Crippen LogP contribution in [0.3, 0.4) is 0 Å². The monoisotopic (exact) mass is 565 g/mol. The number of ether oxygens (including phenoxy) is 1. The third-order valence-electron chi connectivity index (χ3n) is 6.75. The maximum absolute atomic E-state index is 15.2. The molecule has 4 aromatic rings. The predicted octanol–water partition coefficient (Wildman–Crippen LogP) is 6.06. The number of methoxy groups -OCH3 is 1. The predicted molar refractivity (Wildman–Crippen MR) is 139 cm³/mol. The zero-order valence-electron chi connectivity index (χ0n) is 21.7. The lowest BCUT2D eigenvalue weighted by Gasteiger charge is -2.29. The summed E-state index contributed by atoms with van der Waals surface area (Å²) in [5, 5.41) is 9.66. The molecule has 1 atom stereocenters. The molecule has 1 unspecified atom stereocenters. The molecule has 1 aliphatic heterocycles. The molecule has 0 amide bonds. The summed E-state index contributed by atoms with van der Waals surface area (Å²) in [6.45, 7) is 6.20. The molecular formula is C26H28ClF4N7O. The smallest absolute Gasteiger partial charge is 0.382 e. The topological polar surface area (TPSA) is 65.9 Å². The van der Waals surface area contributed by atoms with Crippen LogP contribution in [0.2, 0.25) is 5.02 Å². The zero-order valence-corrected chi connectivity index (χ0v) is 22.5. The number of aryl methyl sites for hydroxylation is 2. The SMILES string of the molecule is CCn1cc(C(F)(F)F)nc1-c1ccc(CN2CCCn3nc(-c4c(Cl)cnn4C(C)COC)cc32)cc1F. The Morgan fingerprint density at radius 1 is 1.18 bits per heavy atom. The first-order chi connectivity index (χ1) is 18.6. The molecule has 4 heterocycles. The molecule has 0 saturated heterocycles. The van der Waals surface area contributed by atoms with Gasteiger partial charge in [-0.05, 0) is 38.0 Å². The largest absolute Gasteiger partial charge is 0.434 e. The second kappa shape index (κ2) is 10.6. The Morgan fingerprint density at radius 2 is 1.97 bits per heavy atom.